The van der Waals surface area contributed by atoms with Gasteiger partial charge in [0.2, 0.25) is 5.91 Å². The molecule has 0 radical (unpaired) electrons. The Morgan fingerprint density at radius 1 is 1.45 bits per heavy atom. The number of nitrogens with zero attached hydrogens (tertiary/aromatic N) is 4. The summed E-state index contributed by atoms with van der Waals surface area (Å²) in [5.74, 6) is -0.903. The zero-order valence-electron chi connectivity index (χ0n) is 11.4. The van der Waals surface area contributed by atoms with Gasteiger partial charge in [0, 0.05) is 25.7 Å². The number of carboxylic acids is 1. The molecule has 0 spiro atoms. The third-order valence-electron chi connectivity index (χ3n) is 3.23. The highest BCUT2D eigenvalue weighted by molar-refractivity contribution is 5.80. The van der Waals surface area contributed by atoms with E-state index < -0.39 is 12.0 Å². The summed E-state index contributed by atoms with van der Waals surface area (Å²) in [6, 6.07) is -0.445. The number of carbonyl (C=O) groups excluding carboxylic acids is 1. The van der Waals surface area contributed by atoms with Gasteiger partial charge in [0.05, 0.1) is 25.3 Å². The molecule has 0 aliphatic carbocycles. The van der Waals surface area contributed by atoms with Crippen molar-refractivity contribution in [2.45, 2.75) is 25.8 Å². The number of ether oxygens (including phenoxy) is 1. The predicted molar refractivity (Wildman–Crippen MR) is 68.1 cm³/mol. The predicted octanol–water partition coefficient (Wildman–Crippen LogP) is -0.285. The van der Waals surface area contributed by atoms with Gasteiger partial charge in [-0.05, 0) is 6.92 Å². The van der Waals surface area contributed by atoms with E-state index in [2.05, 4.69) is 10.3 Å². The Bertz CT molecular complexity index is 482. The Labute approximate surface area is 116 Å². The Morgan fingerprint density at radius 2 is 2.15 bits per heavy atom. The van der Waals surface area contributed by atoms with Gasteiger partial charge in [-0.15, -0.1) is 5.10 Å². The fourth-order valence-electron chi connectivity index (χ4n) is 2.01. The van der Waals surface area contributed by atoms with Gasteiger partial charge in [-0.2, -0.15) is 0 Å². The van der Waals surface area contributed by atoms with Gasteiger partial charge in [0.1, 0.15) is 6.04 Å². The van der Waals surface area contributed by atoms with Crippen molar-refractivity contribution < 1.29 is 19.4 Å². The monoisotopic (exact) mass is 282 g/mol. The second-order valence-corrected chi connectivity index (χ2v) is 4.70. The van der Waals surface area contributed by atoms with Crippen LogP contribution in [0.15, 0.2) is 6.20 Å². The van der Waals surface area contributed by atoms with Crippen molar-refractivity contribution in [1.82, 2.24) is 19.9 Å². The molecule has 1 aromatic rings. The number of morpholine rings is 1. The Kier molecular flexibility index (Phi) is 4.67. The van der Waals surface area contributed by atoms with Crippen molar-refractivity contribution in [3.63, 3.8) is 0 Å². The lowest BCUT2D eigenvalue weighted by Crippen LogP contribution is -2.43. The number of aliphatic carboxylic acids is 1. The molecule has 1 atom stereocenters. The van der Waals surface area contributed by atoms with Crippen molar-refractivity contribution >= 4 is 11.9 Å². The number of aromatic nitrogens is 3. The molecule has 1 unspecified atom stereocenters. The Morgan fingerprint density at radius 3 is 2.80 bits per heavy atom. The lowest BCUT2D eigenvalue weighted by molar-refractivity contribution is -0.139. The normalized spacial score (nSPS) is 16.9. The zero-order chi connectivity index (χ0) is 14.5. The highest BCUT2D eigenvalue weighted by Gasteiger charge is 2.24. The maximum atomic E-state index is 12.3. The number of aryl methyl sites for hydroxylation is 1. The van der Waals surface area contributed by atoms with Crippen molar-refractivity contribution in [3.8, 4) is 0 Å². The minimum atomic E-state index is -0.878. The molecule has 1 amide bonds. The maximum absolute atomic E-state index is 12.3. The number of hydrogen-bond acceptors (Lipinski definition) is 5. The van der Waals surface area contributed by atoms with E-state index in [0.717, 1.165) is 0 Å². The number of amides is 1. The lowest BCUT2D eigenvalue weighted by Gasteiger charge is -2.29. The highest BCUT2D eigenvalue weighted by Crippen LogP contribution is 2.11. The van der Waals surface area contributed by atoms with E-state index in [1.807, 2.05) is 0 Å². The second-order valence-electron chi connectivity index (χ2n) is 4.70. The maximum Gasteiger partial charge on any atom is 0.303 e. The van der Waals surface area contributed by atoms with Crippen molar-refractivity contribution in [3.05, 3.63) is 11.9 Å². The SMILES string of the molecule is CC(C(=O)N1CCOCC1)n1cc(CCC(=O)O)nn1. The smallest absolute Gasteiger partial charge is 0.303 e. The largest absolute Gasteiger partial charge is 0.481 e. The summed E-state index contributed by atoms with van der Waals surface area (Å²) >= 11 is 0. The van der Waals surface area contributed by atoms with Crippen LogP contribution in [0, 0.1) is 0 Å². The third kappa shape index (κ3) is 3.53. The molecule has 0 bridgehead atoms. The summed E-state index contributed by atoms with van der Waals surface area (Å²) in [5.41, 5.74) is 0.578. The zero-order valence-corrected chi connectivity index (χ0v) is 11.4. The number of carboxylic acid groups (broad SMARTS) is 1. The molecule has 2 heterocycles. The van der Waals surface area contributed by atoms with Gasteiger partial charge in [-0.25, -0.2) is 4.68 Å². The molecular weight excluding hydrogens is 264 g/mol. The first kappa shape index (κ1) is 14.4. The van der Waals surface area contributed by atoms with Gasteiger partial charge < -0.3 is 14.7 Å². The van der Waals surface area contributed by atoms with Crippen LogP contribution in [0.25, 0.3) is 0 Å². The van der Waals surface area contributed by atoms with Crippen molar-refractivity contribution in [2.75, 3.05) is 26.3 Å². The molecule has 0 aromatic carbocycles. The summed E-state index contributed by atoms with van der Waals surface area (Å²) in [7, 11) is 0. The minimum Gasteiger partial charge on any atom is -0.481 e. The molecule has 0 saturated carbocycles. The number of rotatable bonds is 5. The highest BCUT2D eigenvalue weighted by atomic mass is 16.5. The van der Waals surface area contributed by atoms with Crippen LogP contribution in [0.1, 0.15) is 25.1 Å². The van der Waals surface area contributed by atoms with Gasteiger partial charge in [-0.1, -0.05) is 5.21 Å². The first-order valence-corrected chi connectivity index (χ1v) is 6.57. The van der Waals surface area contributed by atoms with E-state index >= 15 is 0 Å². The van der Waals surface area contributed by atoms with Crippen LogP contribution in [0.3, 0.4) is 0 Å². The standard InChI is InChI=1S/C12H18N4O4/c1-9(12(19)15-4-6-20-7-5-15)16-8-10(13-14-16)2-3-11(17)18/h8-9H,2-7H2,1H3,(H,17,18). The average Bonchev–Trinajstić information content (AvgIpc) is 2.93. The van der Waals surface area contributed by atoms with Crippen LogP contribution in [0.2, 0.25) is 0 Å². The van der Waals surface area contributed by atoms with E-state index in [9.17, 15) is 9.59 Å². The quantitative estimate of drug-likeness (QED) is 0.797. The molecule has 8 nitrogen and oxygen atoms in total. The first-order chi connectivity index (χ1) is 9.58. The summed E-state index contributed by atoms with van der Waals surface area (Å²) < 4.78 is 6.69. The number of carbonyl (C=O) groups is 2. The molecule has 1 N–H and O–H groups in total. The topological polar surface area (TPSA) is 97.5 Å². The van der Waals surface area contributed by atoms with E-state index in [1.54, 1.807) is 18.0 Å². The fraction of sp³-hybridized carbons (Fsp3) is 0.667. The third-order valence-corrected chi connectivity index (χ3v) is 3.23. The molecule has 1 fully saturated rings. The molecule has 1 aromatic heterocycles. The van der Waals surface area contributed by atoms with Crippen LogP contribution in [0.4, 0.5) is 0 Å². The van der Waals surface area contributed by atoms with Crippen LogP contribution >= 0.6 is 0 Å². The van der Waals surface area contributed by atoms with Crippen LogP contribution in [0.5, 0.6) is 0 Å². The molecule has 1 aliphatic rings. The molecule has 1 saturated heterocycles. The average molecular weight is 282 g/mol. The minimum absolute atomic E-state index is 0.00445. The second kappa shape index (κ2) is 6.47. The lowest BCUT2D eigenvalue weighted by atomic mass is 10.2. The van der Waals surface area contributed by atoms with E-state index in [0.29, 0.717) is 38.4 Å². The molecule has 1 aliphatic heterocycles. The van der Waals surface area contributed by atoms with Crippen LogP contribution in [-0.4, -0.2) is 63.2 Å². The summed E-state index contributed by atoms with van der Waals surface area (Å²) in [6.07, 6.45) is 1.95. The van der Waals surface area contributed by atoms with Crippen LogP contribution < -0.4 is 0 Å². The molecule has 2 rings (SSSR count). The van der Waals surface area contributed by atoms with Gasteiger partial charge in [0.25, 0.3) is 0 Å². The first-order valence-electron chi connectivity index (χ1n) is 6.57. The fourth-order valence-corrected chi connectivity index (χ4v) is 2.01. The van der Waals surface area contributed by atoms with E-state index in [-0.39, 0.29) is 12.3 Å². The molecule has 20 heavy (non-hydrogen) atoms. The van der Waals surface area contributed by atoms with Crippen molar-refractivity contribution in [1.29, 1.82) is 0 Å². The number of hydrogen-bond donors (Lipinski definition) is 1. The Hall–Kier alpha value is -1.96. The van der Waals surface area contributed by atoms with Gasteiger partial charge in [0.15, 0.2) is 0 Å². The summed E-state index contributed by atoms with van der Waals surface area (Å²) in [5, 5.41) is 16.4. The summed E-state index contributed by atoms with van der Waals surface area (Å²) in [6.45, 7) is 4.04. The van der Waals surface area contributed by atoms with Gasteiger partial charge >= 0.3 is 5.97 Å². The van der Waals surface area contributed by atoms with Crippen molar-refractivity contribution in [2.24, 2.45) is 0 Å². The van der Waals surface area contributed by atoms with Gasteiger partial charge in [-0.3, -0.25) is 9.59 Å². The van der Waals surface area contributed by atoms with E-state index in [1.165, 1.54) is 4.68 Å². The Balaban J connectivity index is 1.95. The molecular formula is C12H18N4O4. The summed E-state index contributed by atoms with van der Waals surface area (Å²) in [4.78, 5) is 24.5. The molecule has 110 valence electrons. The van der Waals surface area contributed by atoms with E-state index in [4.69, 9.17) is 9.84 Å². The molecule has 8 heteroatoms. The van der Waals surface area contributed by atoms with Crippen LogP contribution in [-0.2, 0) is 20.7 Å².